The Labute approximate surface area is 87.9 Å². The van der Waals surface area contributed by atoms with Crippen molar-refractivity contribution in [2.24, 2.45) is 5.73 Å². The summed E-state index contributed by atoms with van der Waals surface area (Å²) in [6.45, 7) is 2.14. The van der Waals surface area contributed by atoms with Crippen molar-refractivity contribution in [3.05, 3.63) is 29.8 Å². The zero-order valence-corrected chi connectivity index (χ0v) is 8.77. The van der Waals surface area contributed by atoms with Gasteiger partial charge in [-0.1, -0.05) is 0 Å². The fraction of sp³-hybridized carbons (Fsp3) is 0.400. The third-order valence-corrected chi connectivity index (χ3v) is 2.33. The van der Waals surface area contributed by atoms with Crippen molar-refractivity contribution in [1.82, 2.24) is 9.88 Å². The van der Waals surface area contributed by atoms with Crippen LogP contribution in [0, 0.1) is 5.82 Å². The van der Waals surface area contributed by atoms with Crippen LogP contribution >= 0.6 is 0 Å². The van der Waals surface area contributed by atoms with Crippen LogP contribution in [0.15, 0.2) is 18.5 Å². The Hall–Kier alpha value is -1.49. The van der Waals surface area contributed by atoms with Crippen LogP contribution in [0.3, 0.4) is 0 Å². The fourth-order valence-electron chi connectivity index (χ4n) is 1.10. The number of nitrogens with two attached hydrogens (primary N) is 1. The molecule has 1 rings (SSSR count). The zero-order valence-electron chi connectivity index (χ0n) is 8.77. The average molecular weight is 211 g/mol. The van der Waals surface area contributed by atoms with Crippen molar-refractivity contribution >= 4 is 5.91 Å². The number of nitrogens with zero attached hydrogens (tertiary/aromatic N) is 2. The normalized spacial score (nSPS) is 12.3. The molecule has 5 heteroatoms. The molecule has 0 fully saturated rings. The molecule has 1 atom stereocenters. The van der Waals surface area contributed by atoms with E-state index in [9.17, 15) is 9.18 Å². The van der Waals surface area contributed by atoms with Gasteiger partial charge in [0.15, 0.2) is 5.82 Å². The van der Waals surface area contributed by atoms with Gasteiger partial charge in [0, 0.05) is 25.8 Å². The van der Waals surface area contributed by atoms with Crippen LogP contribution in [0.1, 0.15) is 17.3 Å². The summed E-state index contributed by atoms with van der Waals surface area (Å²) < 4.78 is 13.2. The highest BCUT2D eigenvalue weighted by atomic mass is 19.1. The number of rotatable bonds is 3. The van der Waals surface area contributed by atoms with Gasteiger partial charge in [0.25, 0.3) is 5.91 Å². The summed E-state index contributed by atoms with van der Waals surface area (Å²) in [7, 11) is 1.60. The minimum absolute atomic E-state index is 0.0211. The van der Waals surface area contributed by atoms with Crippen LogP contribution in [0.25, 0.3) is 0 Å². The van der Waals surface area contributed by atoms with E-state index >= 15 is 0 Å². The van der Waals surface area contributed by atoms with Crippen LogP contribution in [0.5, 0.6) is 0 Å². The highest BCUT2D eigenvalue weighted by Gasteiger charge is 2.19. The number of carbonyl (C=O) groups is 1. The first-order chi connectivity index (χ1) is 7.07. The topological polar surface area (TPSA) is 59.2 Å². The molecule has 1 unspecified atom stereocenters. The molecule has 82 valence electrons. The molecule has 0 aliphatic carbocycles. The van der Waals surface area contributed by atoms with Crippen LogP contribution < -0.4 is 5.73 Å². The van der Waals surface area contributed by atoms with Crippen molar-refractivity contribution in [1.29, 1.82) is 0 Å². The Bertz CT molecular complexity index is 356. The number of likely N-dealkylation sites (N-methyl/N-ethyl adjacent to an activating group) is 1. The van der Waals surface area contributed by atoms with Crippen molar-refractivity contribution in [3.8, 4) is 0 Å². The van der Waals surface area contributed by atoms with Gasteiger partial charge < -0.3 is 10.6 Å². The SMILES string of the molecule is CC(CN)N(C)C(=O)c1ccncc1F. The van der Waals surface area contributed by atoms with Gasteiger partial charge in [0.1, 0.15) is 0 Å². The third kappa shape index (κ3) is 2.50. The quantitative estimate of drug-likeness (QED) is 0.798. The second-order valence-corrected chi connectivity index (χ2v) is 3.36. The van der Waals surface area contributed by atoms with E-state index < -0.39 is 5.82 Å². The fourth-order valence-corrected chi connectivity index (χ4v) is 1.10. The van der Waals surface area contributed by atoms with Gasteiger partial charge in [-0.05, 0) is 13.0 Å². The maximum atomic E-state index is 13.2. The van der Waals surface area contributed by atoms with E-state index in [4.69, 9.17) is 5.73 Å². The van der Waals surface area contributed by atoms with Crippen molar-refractivity contribution in [2.75, 3.05) is 13.6 Å². The van der Waals surface area contributed by atoms with E-state index in [0.29, 0.717) is 6.54 Å². The highest BCUT2D eigenvalue weighted by molar-refractivity contribution is 5.94. The molecule has 1 aromatic rings. The van der Waals surface area contributed by atoms with Crippen LogP contribution in [0.2, 0.25) is 0 Å². The number of hydrogen-bond acceptors (Lipinski definition) is 3. The van der Waals surface area contributed by atoms with Crippen molar-refractivity contribution < 1.29 is 9.18 Å². The number of pyridine rings is 1. The third-order valence-electron chi connectivity index (χ3n) is 2.33. The van der Waals surface area contributed by atoms with Gasteiger partial charge in [-0.25, -0.2) is 4.39 Å². The number of carbonyl (C=O) groups excluding carboxylic acids is 1. The molecule has 0 saturated carbocycles. The largest absolute Gasteiger partial charge is 0.338 e. The highest BCUT2D eigenvalue weighted by Crippen LogP contribution is 2.09. The molecular formula is C10H14FN3O. The summed E-state index contributed by atoms with van der Waals surface area (Å²) in [5.74, 6) is -0.994. The van der Waals surface area contributed by atoms with Crippen molar-refractivity contribution in [3.63, 3.8) is 0 Å². The summed E-state index contributed by atoms with van der Waals surface area (Å²) >= 11 is 0. The predicted octanol–water partition coefficient (Wildman–Crippen LogP) is 0.640. The Morgan fingerprint density at radius 3 is 2.93 bits per heavy atom. The summed E-state index contributed by atoms with van der Waals surface area (Å²) in [4.78, 5) is 16.8. The van der Waals surface area contributed by atoms with Crippen LogP contribution in [-0.4, -0.2) is 35.4 Å². The van der Waals surface area contributed by atoms with Gasteiger partial charge in [-0.3, -0.25) is 9.78 Å². The molecule has 0 spiro atoms. The molecular weight excluding hydrogens is 197 g/mol. The first kappa shape index (κ1) is 11.6. The van der Waals surface area contributed by atoms with Gasteiger partial charge in [-0.2, -0.15) is 0 Å². The molecule has 0 radical (unpaired) electrons. The lowest BCUT2D eigenvalue weighted by atomic mass is 10.2. The van der Waals surface area contributed by atoms with E-state index in [2.05, 4.69) is 4.98 Å². The first-order valence-electron chi connectivity index (χ1n) is 4.64. The van der Waals surface area contributed by atoms with E-state index in [1.54, 1.807) is 14.0 Å². The molecule has 0 aromatic carbocycles. The summed E-state index contributed by atoms with van der Waals surface area (Å²) in [5.41, 5.74) is 5.45. The van der Waals surface area contributed by atoms with Crippen LogP contribution in [-0.2, 0) is 0 Å². The molecule has 1 heterocycles. The molecule has 0 bridgehead atoms. The predicted molar refractivity (Wildman–Crippen MR) is 54.8 cm³/mol. The van der Waals surface area contributed by atoms with Crippen molar-refractivity contribution in [2.45, 2.75) is 13.0 Å². The standard InChI is InChI=1S/C10H14FN3O/c1-7(5-12)14(2)10(15)8-3-4-13-6-9(8)11/h3-4,6-7H,5,12H2,1-2H3. The Kier molecular flexibility index (Phi) is 3.74. The number of hydrogen-bond donors (Lipinski definition) is 1. The van der Waals surface area contributed by atoms with Gasteiger partial charge >= 0.3 is 0 Å². The van der Waals surface area contributed by atoms with E-state index in [1.165, 1.54) is 17.2 Å². The molecule has 0 aliphatic heterocycles. The maximum Gasteiger partial charge on any atom is 0.256 e. The lowest BCUT2D eigenvalue weighted by Crippen LogP contribution is -2.40. The summed E-state index contributed by atoms with van der Waals surface area (Å²) in [6, 6.07) is 1.24. The number of amides is 1. The molecule has 0 aliphatic rings. The Morgan fingerprint density at radius 2 is 2.40 bits per heavy atom. The Balaban J connectivity index is 2.90. The second-order valence-electron chi connectivity index (χ2n) is 3.36. The monoisotopic (exact) mass is 211 g/mol. The van der Waals surface area contributed by atoms with E-state index in [1.807, 2.05) is 0 Å². The second kappa shape index (κ2) is 4.84. The van der Waals surface area contributed by atoms with Gasteiger partial charge in [0.2, 0.25) is 0 Å². The number of halogens is 1. The molecule has 2 N–H and O–H groups in total. The molecule has 4 nitrogen and oxygen atoms in total. The lowest BCUT2D eigenvalue weighted by molar-refractivity contribution is 0.0743. The van der Waals surface area contributed by atoms with E-state index in [-0.39, 0.29) is 17.5 Å². The first-order valence-corrected chi connectivity index (χ1v) is 4.64. The van der Waals surface area contributed by atoms with E-state index in [0.717, 1.165) is 6.20 Å². The smallest absolute Gasteiger partial charge is 0.256 e. The molecule has 15 heavy (non-hydrogen) atoms. The van der Waals surface area contributed by atoms with Crippen LogP contribution in [0.4, 0.5) is 4.39 Å². The summed E-state index contributed by atoms with van der Waals surface area (Å²) in [5, 5.41) is 0. The molecule has 0 saturated heterocycles. The number of aromatic nitrogens is 1. The molecule has 1 amide bonds. The van der Waals surface area contributed by atoms with Gasteiger partial charge in [0.05, 0.1) is 11.8 Å². The maximum absolute atomic E-state index is 13.2. The minimum Gasteiger partial charge on any atom is -0.338 e. The Morgan fingerprint density at radius 1 is 1.73 bits per heavy atom. The minimum atomic E-state index is -0.612. The summed E-state index contributed by atoms with van der Waals surface area (Å²) in [6.07, 6.45) is 2.41. The van der Waals surface area contributed by atoms with Gasteiger partial charge in [-0.15, -0.1) is 0 Å². The molecule has 1 aromatic heterocycles. The average Bonchev–Trinajstić information content (AvgIpc) is 2.26. The lowest BCUT2D eigenvalue weighted by Gasteiger charge is -2.23. The zero-order chi connectivity index (χ0) is 11.4.